The first-order chi connectivity index (χ1) is 14.5. The maximum absolute atomic E-state index is 13.8. The van der Waals surface area contributed by atoms with Gasteiger partial charge in [-0.2, -0.15) is 0 Å². The summed E-state index contributed by atoms with van der Waals surface area (Å²) in [6.45, 7) is 1.92. The molecule has 0 radical (unpaired) electrons. The van der Waals surface area contributed by atoms with Crippen LogP contribution in [0.5, 0.6) is 11.5 Å². The molecule has 2 saturated heterocycles. The van der Waals surface area contributed by atoms with Crippen LogP contribution >= 0.6 is 0 Å². The summed E-state index contributed by atoms with van der Waals surface area (Å²) in [4.78, 5) is 17.2. The quantitative estimate of drug-likeness (QED) is 0.751. The van der Waals surface area contributed by atoms with Gasteiger partial charge in [0.05, 0.1) is 31.4 Å². The maximum Gasteiger partial charge on any atom is 0.257 e. The van der Waals surface area contributed by atoms with Crippen LogP contribution in [0.25, 0.3) is 0 Å². The summed E-state index contributed by atoms with van der Waals surface area (Å²) in [6.07, 6.45) is 1.58. The number of nitrogens with zero attached hydrogens (tertiary/aromatic N) is 2. The molecule has 0 bridgehead atoms. The first-order valence-electron chi connectivity index (χ1n) is 10.1. The molecule has 4 rings (SSSR count). The largest absolute Gasteiger partial charge is 0.497 e. The third-order valence-electron chi connectivity index (χ3n) is 6.45. The highest BCUT2D eigenvalue weighted by molar-refractivity contribution is 5.97. The van der Waals surface area contributed by atoms with Crippen molar-refractivity contribution < 1.29 is 23.4 Å². The zero-order valence-electron chi connectivity index (χ0n) is 17.6. The van der Waals surface area contributed by atoms with Crippen LogP contribution in [0.2, 0.25) is 0 Å². The van der Waals surface area contributed by atoms with Crippen molar-refractivity contribution >= 4 is 11.6 Å². The van der Waals surface area contributed by atoms with Crippen LogP contribution in [0.15, 0.2) is 42.5 Å². The minimum Gasteiger partial charge on any atom is -0.497 e. The van der Waals surface area contributed by atoms with Gasteiger partial charge in [0.1, 0.15) is 17.3 Å². The predicted molar refractivity (Wildman–Crippen MR) is 112 cm³/mol. The lowest BCUT2D eigenvalue weighted by molar-refractivity contribution is -0.0433. The number of methoxy groups -OCH3 is 3. The average molecular weight is 414 g/mol. The molecule has 2 aromatic carbocycles. The van der Waals surface area contributed by atoms with E-state index in [9.17, 15) is 9.18 Å². The lowest BCUT2D eigenvalue weighted by Gasteiger charge is -2.61. The minimum absolute atomic E-state index is 0.0602. The lowest BCUT2D eigenvalue weighted by Crippen LogP contribution is -2.74. The van der Waals surface area contributed by atoms with Gasteiger partial charge in [0.2, 0.25) is 0 Å². The first kappa shape index (κ1) is 20.5. The Kier molecular flexibility index (Phi) is 5.56. The molecule has 0 N–H and O–H groups in total. The fourth-order valence-electron chi connectivity index (χ4n) is 4.71. The molecule has 1 atom stereocenters. The van der Waals surface area contributed by atoms with E-state index >= 15 is 0 Å². The first-order valence-corrected chi connectivity index (χ1v) is 10.1. The fraction of sp³-hybridized carbons (Fsp3) is 0.435. The molecule has 7 heteroatoms. The minimum atomic E-state index is -0.247. The monoisotopic (exact) mass is 414 g/mol. The van der Waals surface area contributed by atoms with E-state index in [0.717, 1.165) is 25.1 Å². The summed E-state index contributed by atoms with van der Waals surface area (Å²) in [6, 6.07) is 11.9. The van der Waals surface area contributed by atoms with E-state index in [4.69, 9.17) is 14.2 Å². The zero-order chi connectivity index (χ0) is 21.3. The van der Waals surface area contributed by atoms with Gasteiger partial charge in [0.15, 0.2) is 0 Å². The second-order valence-electron chi connectivity index (χ2n) is 7.78. The lowest BCUT2D eigenvalue weighted by atomic mass is 9.73. The van der Waals surface area contributed by atoms with Crippen molar-refractivity contribution in [3.8, 4) is 11.5 Å². The summed E-state index contributed by atoms with van der Waals surface area (Å²) in [5.74, 6) is 0.834. The van der Waals surface area contributed by atoms with Gasteiger partial charge >= 0.3 is 0 Å². The molecule has 0 aliphatic carbocycles. The number of likely N-dealkylation sites (tertiary alicyclic amines) is 1. The Bertz CT molecular complexity index is 927. The molecule has 2 fully saturated rings. The smallest absolute Gasteiger partial charge is 0.257 e. The Balaban J connectivity index is 1.51. The average Bonchev–Trinajstić information content (AvgIpc) is 2.78. The highest BCUT2D eigenvalue weighted by Gasteiger charge is 2.55. The van der Waals surface area contributed by atoms with Gasteiger partial charge in [0.25, 0.3) is 5.91 Å². The van der Waals surface area contributed by atoms with Crippen LogP contribution in [-0.2, 0) is 4.74 Å². The molecule has 160 valence electrons. The molecule has 2 heterocycles. The van der Waals surface area contributed by atoms with E-state index in [1.807, 2.05) is 11.0 Å². The number of carbonyl (C=O) groups excluding carboxylic acids is 1. The Morgan fingerprint density at radius 2 is 1.83 bits per heavy atom. The highest BCUT2D eigenvalue weighted by atomic mass is 19.1. The number of amides is 1. The Hall–Kier alpha value is -2.80. The van der Waals surface area contributed by atoms with Gasteiger partial charge in [-0.15, -0.1) is 0 Å². The van der Waals surface area contributed by atoms with E-state index < -0.39 is 0 Å². The van der Waals surface area contributed by atoms with Crippen LogP contribution in [0, 0.1) is 5.82 Å². The summed E-state index contributed by atoms with van der Waals surface area (Å²) in [7, 11) is 4.84. The van der Waals surface area contributed by atoms with Crippen molar-refractivity contribution in [1.29, 1.82) is 0 Å². The molecule has 2 aliphatic rings. The number of benzene rings is 2. The van der Waals surface area contributed by atoms with Crippen LogP contribution in [-0.4, -0.2) is 63.4 Å². The molecule has 2 aliphatic heterocycles. The normalized spacial score (nSPS) is 20.1. The van der Waals surface area contributed by atoms with Gasteiger partial charge in [-0.1, -0.05) is 6.07 Å². The van der Waals surface area contributed by atoms with Gasteiger partial charge in [-0.25, -0.2) is 4.39 Å². The Labute approximate surface area is 176 Å². The van der Waals surface area contributed by atoms with Crippen molar-refractivity contribution in [2.75, 3.05) is 45.9 Å². The van der Waals surface area contributed by atoms with Gasteiger partial charge in [-0.3, -0.25) is 4.79 Å². The van der Waals surface area contributed by atoms with Gasteiger partial charge in [0, 0.05) is 38.5 Å². The van der Waals surface area contributed by atoms with E-state index in [-0.39, 0.29) is 23.4 Å². The molecule has 0 saturated carbocycles. The SMILES string of the molecule is COc1ccc(C(=O)N2CCC3(CC2)[C@@H](OC)CN3c2cccc(F)c2)c(OC)c1. The number of hydrogen-bond acceptors (Lipinski definition) is 5. The molecular formula is C23H27FN2O4. The molecule has 0 aromatic heterocycles. The molecule has 1 spiro atoms. The topological polar surface area (TPSA) is 51.2 Å². The van der Waals surface area contributed by atoms with E-state index in [1.165, 1.54) is 6.07 Å². The maximum atomic E-state index is 13.8. The molecule has 0 unspecified atom stereocenters. The number of rotatable bonds is 5. The van der Waals surface area contributed by atoms with Crippen LogP contribution < -0.4 is 14.4 Å². The van der Waals surface area contributed by atoms with Gasteiger partial charge < -0.3 is 24.0 Å². The number of halogens is 1. The van der Waals surface area contributed by atoms with E-state index in [0.29, 0.717) is 30.2 Å². The van der Waals surface area contributed by atoms with Crippen LogP contribution in [0.1, 0.15) is 23.2 Å². The summed E-state index contributed by atoms with van der Waals surface area (Å²) in [5.41, 5.74) is 1.16. The molecule has 2 aromatic rings. The van der Waals surface area contributed by atoms with E-state index in [1.54, 1.807) is 51.7 Å². The second kappa shape index (κ2) is 8.14. The van der Waals surface area contributed by atoms with Crippen molar-refractivity contribution in [2.24, 2.45) is 0 Å². The zero-order valence-corrected chi connectivity index (χ0v) is 17.6. The molecule has 6 nitrogen and oxygen atoms in total. The van der Waals surface area contributed by atoms with Crippen molar-refractivity contribution in [1.82, 2.24) is 4.90 Å². The van der Waals surface area contributed by atoms with Crippen molar-refractivity contribution in [3.63, 3.8) is 0 Å². The Morgan fingerprint density at radius 1 is 1.07 bits per heavy atom. The number of anilines is 1. The summed E-state index contributed by atoms with van der Waals surface area (Å²) in [5, 5.41) is 0. The number of piperidine rings is 1. The third-order valence-corrected chi connectivity index (χ3v) is 6.45. The van der Waals surface area contributed by atoms with Crippen LogP contribution in [0.4, 0.5) is 10.1 Å². The summed E-state index contributed by atoms with van der Waals surface area (Å²) < 4.78 is 30.1. The van der Waals surface area contributed by atoms with Crippen molar-refractivity contribution in [2.45, 2.75) is 24.5 Å². The number of ether oxygens (including phenoxy) is 3. The highest BCUT2D eigenvalue weighted by Crippen LogP contribution is 2.45. The molecule has 1 amide bonds. The number of carbonyl (C=O) groups is 1. The molecular weight excluding hydrogens is 387 g/mol. The standard InChI is InChI=1S/C23H27FN2O4/c1-28-18-7-8-19(20(14-18)29-2)22(27)25-11-9-23(10-12-25)21(30-3)15-26(23)17-6-4-5-16(24)13-17/h4-8,13-14,21H,9-12,15H2,1-3H3/t21-/m0/s1. The van der Waals surface area contributed by atoms with E-state index in [2.05, 4.69) is 4.90 Å². The number of hydrogen-bond donors (Lipinski definition) is 0. The fourth-order valence-corrected chi connectivity index (χ4v) is 4.71. The predicted octanol–water partition coefficient (Wildman–Crippen LogP) is 3.35. The van der Waals surface area contributed by atoms with Crippen LogP contribution in [0.3, 0.4) is 0 Å². The Morgan fingerprint density at radius 3 is 2.47 bits per heavy atom. The summed E-state index contributed by atoms with van der Waals surface area (Å²) >= 11 is 0. The van der Waals surface area contributed by atoms with Crippen molar-refractivity contribution in [3.05, 3.63) is 53.8 Å². The molecule has 30 heavy (non-hydrogen) atoms. The van der Waals surface area contributed by atoms with Gasteiger partial charge in [-0.05, 0) is 43.2 Å². The second-order valence-corrected chi connectivity index (χ2v) is 7.78. The third kappa shape index (κ3) is 3.37.